The fourth-order valence-corrected chi connectivity index (χ4v) is 2.14. The van der Waals surface area contributed by atoms with Crippen molar-refractivity contribution < 1.29 is 0 Å². The number of rotatable bonds is 6. The molecule has 0 aromatic carbocycles. The molecule has 1 unspecified atom stereocenters. The van der Waals surface area contributed by atoms with Crippen LogP contribution in [0.2, 0.25) is 0 Å². The fourth-order valence-electron chi connectivity index (χ4n) is 2.14. The maximum Gasteiger partial charge on any atom is 0.0113 e. The second-order valence-electron chi connectivity index (χ2n) is 4.68. The van der Waals surface area contributed by atoms with Gasteiger partial charge in [0.25, 0.3) is 0 Å². The molecule has 1 atom stereocenters. The van der Waals surface area contributed by atoms with Crippen molar-refractivity contribution >= 4 is 0 Å². The summed E-state index contributed by atoms with van der Waals surface area (Å²) in [6, 6.07) is 0.761. The smallest absolute Gasteiger partial charge is 0.0113 e. The van der Waals surface area contributed by atoms with E-state index >= 15 is 0 Å². The highest BCUT2D eigenvalue weighted by Crippen LogP contribution is 2.09. The third-order valence-corrected chi connectivity index (χ3v) is 3.39. The third-order valence-electron chi connectivity index (χ3n) is 3.39. The van der Waals surface area contributed by atoms with Crippen LogP contribution in [0.1, 0.15) is 26.7 Å². The minimum atomic E-state index is 0.761. The van der Waals surface area contributed by atoms with Crippen LogP contribution < -0.4 is 5.32 Å². The molecule has 1 rings (SSSR count). The van der Waals surface area contributed by atoms with Gasteiger partial charge in [-0.1, -0.05) is 6.92 Å². The zero-order valence-electron chi connectivity index (χ0n) is 10.6. The topological polar surface area (TPSA) is 18.5 Å². The average Bonchev–Trinajstić information content (AvgIpc) is 2.25. The highest BCUT2D eigenvalue weighted by atomic mass is 15.3. The van der Waals surface area contributed by atoms with Gasteiger partial charge in [-0.25, -0.2) is 0 Å². The van der Waals surface area contributed by atoms with Gasteiger partial charge in [0.1, 0.15) is 0 Å². The monoisotopic (exact) mass is 213 g/mol. The minimum absolute atomic E-state index is 0.761. The SMILES string of the molecule is CCNCCCC(C)N1CCN(C)CC1. The summed E-state index contributed by atoms with van der Waals surface area (Å²) in [5.41, 5.74) is 0. The molecule has 3 heteroatoms. The van der Waals surface area contributed by atoms with E-state index in [0.717, 1.165) is 12.6 Å². The van der Waals surface area contributed by atoms with Crippen molar-refractivity contribution in [3.63, 3.8) is 0 Å². The molecule has 0 aromatic heterocycles. The van der Waals surface area contributed by atoms with Crippen molar-refractivity contribution in [3.8, 4) is 0 Å². The maximum absolute atomic E-state index is 3.39. The van der Waals surface area contributed by atoms with Crippen molar-refractivity contribution in [1.82, 2.24) is 15.1 Å². The molecular formula is C12H27N3. The van der Waals surface area contributed by atoms with Gasteiger partial charge in [0.05, 0.1) is 0 Å². The molecular weight excluding hydrogens is 186 g/mol. The van der Waals surface area contributed by atoms with Crippen molar-refractivity contribution in [3.05, 3.63) is 0 Å². The van der Waals surface area contributed by atoms with Gasteiger partial charge >= 0.3 is 0 Å². The van der Waals surface area contributed by atoms with Gasteiger partial charge in [-0.05, 0) is 39.9 Å². The average molecular weight is 213 g/mol. The van der Waals surface area contributed by atoms with E-state index in [1.807, 2.05) is 0 Å². The summed E-state index contributed by atoms with van der Waals surface area (Å²) < 4.78 is 0. The van der Waals surface area contributed by atoms with Crippen molar-refractivity contribution in [1.29, 1.82) is 0 Å². The molecule has 90 valence electrons. The van der Waals surface area contributed by atoms with E-state index in [2.05, 4.69) is 36.0 Å². The molecule has 0 radical (unpaired) electrons. The molecule has 0 amide bonds. The summed E-state index contributed by atoms with van der Waals surface area (Å²) in [5, 5.41) is 3.39. The molecule has 3 nitrogen and oxygen atoms in total. The second-order valence-corrected chi connectivity index (χ2v) is 4.68. The minimum Gasteiger partial charge on any atom is -0.317 e. The molecule has 1 saturated heterocycles. The van der Waals surface area contributed by atoms with Crippen molar-refractivity contribution in [2.45, 2.75) is 32.7 Å². The Balaban J connectivity index is 2.08. The van der Waals surface area contributed by atoms with E-state index in [9.17, 15) is 0 Å². The van der Waals surface area contributed by atoms with Gasteiger partial charge in [-0.2, -0.15) is 0 Å². The molecule has 0 saturated carbocycles. The standard InChI is InChI=1S/C12H27N3/c1-4-13-7-5-6-12(2)15-10-8-14(3)9-11-15/h12-13H,4-11H2,1-3H3. The summed E-state index contributed by atoms with van der Waals surface area (Å²) in [7, 11) is 2.22. The number of nitrogens with zero attached hydrogens (tertiary/aromatic N) is 2. The highest BCUT2D eigenvalue weighted by molar-refractivity contribution is 4.74. The first-order chi connectivity index (χ1) is 7.24. The van der Waals surface area contributed by atoms with Gasteiger partial charge < -0.3 is 10.2 Å². The second kappa shape index (κ2) is 7.20. The Labute approximate surface area is 94.8 Å². The van der Waals surface area contributed by atoms with Crippen LogP contribution in [0.5, 0.6) is 0 Å². The Morgan fingerprint density at radius 2 is 1.87 bits per heavy atom. The van der Waals surface area contributed by atoms with Crippen LogP contribution in [0.15, 0.2) is 0 Å². The quantitative estimate of drug-likeness (QED) is 0.664. The molecule has 0 aromatic rings. The lowest BCUT2D eigenvalue weighted by molar-refractivity contribution is 0.113. The Kier molecular flexibility index (Phi) is 6.22. The van der Waals surface area contributed by atoms with Crippen LogP contribution in [0.3, 0.4) is 0 Å². The van der Waals surface area contributed by atoms with Crippen LogP contribution in [0, 0.1) is 0 Å². The molecule has 0 spiro atoms. The molecule has 15 heavy (non-hydrogen) atoms. The van der Waals surface area contributed by atoms with E-state index in [0.29, 0.717) is 0 Å². The van der Waals surface area contributed by atoms with E-state index in [4.69, 9.17) is 0 Å². The molecule has 1 heterocycles. The van der Waals surface area contributed by atoms with Crippen LogP contribution in [-0.4, -0.2) is 62.2 Å². The Morgan fingerprint density at radius 3 is 2.47 bits per heavy atom. The van der Waals surface area contributed by atoms with Gasteiger partial charge in [0.15, 0.2) is 0 Å². The van der Waals surface area contributed by atoms with Gasteiger partial charge in [-0.3, -0.25) is 4.90 Å². The van der Waals surface area contributed by atoms with Crippen LogP contribution in [0.25, 0.3) is 0 Å². The Bertz CT molecular complexity index is 153. The van der Waals surface area contributed by atoms with Gasteiger partial charge in [0, 0.05) is 32.2 Å². The third kappa shape index (κ3) is 4.96. The van der Waals surface area contributed by atoms with E-state index in [1.54, 1.807) is 0 Å². The highest BCUT2D eigenvalue weighted by Gasteiger charge is 2.18. The summed E-state index contributed by atoms with van der Waals surface area (Å²) in [4.78, 5) is 5.05. The lowest BCUT2D eigenvalue weighted by Crippen LogP contribution is -2.48. The van der Waals surface area contributed by atoms with E-state index < -0.39 is 0 Å². The zero-order chi connectivity index (χ0) is 11.1. The first kappa shape index (κ1) is 12.9. The van der Waals surface area contributed by atoms with Crippen molar-refractivity contribution in [2.75, 3.05) is 46.3 Å². The van der Waals surface area contributed by atoms with Crippen LogP contribution in [0.4, 0.5) is 0 Å². The molecule has 1 N–H and O–H groups in total. The van der Waals surface area contributed by atoms with Gasteiger partial charge in [0.2, 0.25) is 0 Å². The van der Waals surface area contributed by atoms with E-state index in [1.165, 1.54) is 45.6 Å². The van der Waals surface area contributed by atoms with Crippen molar-refractivity contribution in [2.24, 2.45) is 0 Å². The molecule has 1 aliphatic heterocycles. The van der Waals surface area contributed by atoms with Crippen LogP contribution >= 0.6 is 0 Å². The number of likely N-dealkylation sites (N-methyl/N-ethyl adjacent to an activating group) is 1. The number of nitrogens with one attached hydrogen (secondary N) is 1. The molecule has 1 fully saturated rings. The molecule has 0 aliphatic carbocycles. The normalized spacial score (nSPS) is 21.8. The zero-order valence-corrected chi connectivity index (χ0v) is 10.6. The molecule has 1 aliphatic rings. The number of hydrogen-bond donors (Lipinski definition) is 1. The first-order valence-corrected chi connectivity index (χ1v) is 6.37. The first-order valence-electron chi connectivity index (χ1n) is 6.37. The predicted molar refractivity (Wildman–Crippen MR) is 66.3 cm³/mol. The lowest BCUT2D eigenvalue weighted by atomic mass is 10.1. The summed E-state index contributed by atoms with van der Waals surface area (Å²) in [6.45, 7) is 11.8. The predicted octanol–water partition coefficient (Wildman–Crippen LogP) is 1.01. The summed E-state index contributed by atoms with van der Waals surface area (Å²) in [5.74, 6) is 0. The molecule has 0 bridgehead atoms. The maximum atomic E-state index is 3.39. The Hall–Kier alpha value is -0.120. The lowest BCUT2D eigenvalue weighted by Gasteiger charge is -2.36. The van der Waals surface area contributed by atoms with Gasteiger partial charge in [-0.15, -0.1) is 0 Å². The largest absolute Gasteiger partial charge is 0.317 e. The van der Waals surface area contributed by atoms with Crippen LogP contribution in [-0.2, 0) is 0 Å². The summed E-state index contributed by atoms with van der Waals surface area (Å²) in [6.07, 6.45) is 2.64. The number of piperazine rings is 1. The Morgan fingerprint density at radius 1 is 1.20 bits per heavy atom. The fraction of sp³-hybridized carbons (Fsp3) is 1.00. The number of hydrogen-bond acceptors (Lipinski definition) is 3. The van der Waals surface area contributed by atoms with E-state index in [-0.39, 0.29) is 0 Å². The summed E-state index contributed by atoms with van der Waals surface area (Å²) >= 11 is 0.